The topological polar surface area (TPSA) is 75.9 Å². The largest absolute Gasteiger partial charge is 0.497 e. The van der Waals surface area contributed by atoms with E-state index in [0.29, 0.717) is 5.69 Å². The van der Waals surface area contributed by atoms with Gasteiger partial charge in [0.25, 0.3) is 5.91 Å². The number of imide groups is 1. The number of carbonyl (C=O) groups is 2. The van der Waals surface area contributed by atoms with E-state index >= 15 is 0 Å². The number of nitrogens with zero attached hydrogens (tertiary/aromatic N) is 3. The number of rotatable bonds is 4. The number of carbonyl (C=O) groups excluding carboxylic acids is 2. The number of nitrogens with one attached hydrogen (secondary N) is 1. The van der Waals surface area contributed by atoms with Gasteiger partial charge in [0.2, 0.25) is 0 Å². The van der Waals surface area contributed by atoms with Crippen molar-refractivity contribution in [1.82, 2.24) is 19.6 Å². The van der Waals surface area contributed by atoms with E-state index in [2.05, 4.69) is 10.3 Å². The summed E-state index contributed by atoms with van der Waals surface area (Å²) in [6.45, 7) is 3.86. The smallest absolute Gasteiger partial charge is 0.325 e. The van der Waals surface area contributed by atoms with Crippen LogP contribution in [0.1, 0.15) is 23.7 Å². The van der Waals surface area contributed by atoms with Crippen molar-refractivity contribution in [2.75, 3.05) is 7.11 Å². The summed E-state index contributed by atoms with van der Waals surface area (Å²) < 4.78 is 7.18. The van der Waals surface area contributed by atoms with Crippen molar-refractivity contribution in [2.24, 2.45) is 0 Å². The number of imidazole rings is 1. The van der Waals surface area contributed by atoms with E-state index in [9.17, 15) is 9.59 Å². The Morgan fingerprint density at radius 3 is 2.61 bits per heavy atom. The number of urea groups is 1. The van der Waals surface area contributed by atoms with Gasteiger partial charge in [0.15, 0.2) is 0 Å². The monoisotopic (exact) mass is 414 g/mol. The van der Waals surface area contributed by atoms with Gasteiger partial charge in [-0.25, -0.2) is 9.78 Å². The first-order chi connectivity index (χ1) is 14.9. The maximum atomic E-state index is 13.3. The molecule has 7 heteroatoms. The zero-order chi connectivity index (χ0) is 21.8. The maximum absolute atomic E-state index is 13.3. The SMILES string of the molecule is COc1ccc2cc(C3(C)NC(=O)N(Cc4cn5cc(C)ccc5n4)C3=O)ccc2c1. The van der Waals surface area contributed by atoms with Crippen LogP contribution in [0.25, 0.3) is 16.4 Å². The molecule has 1 fully saturated rings. The number of benzene rings is 2. The second kappa shape index (κ2) is 6.84. The average Bonchev–Trinajstić information content (AvgIpc) is 3.26. The van der Waals surface area contributed by atoms with Crippen LogP contribution in [-0.4, -0.2) is 33.3 Å². The molecule has 3 heterocycles. The highest BCUT2D eigenvalue weighted by Gasteiger charge is 2.49. The summed E-state index contributed by atoms with van der Waals surface area (Å²) in [7, 11) is 1.63. The highest BCUT2D eigenvalue weighted by atomic mass is 16.5. The Labute approximate surface area is 179 Å². The minimum Gasteiger partial charge on any atom is -0.497 e. The summed E-state index contributed by atoms with van der Waals surface area (Å²) in [5.41, 5.74) is 2.13. The number of pyridine rings is 1. The number of ether oxygens (including phenoxy) is 1. The van der Waals surface area contributed by atoms with E-state index in [-0.39, 0.29) is 12.5 Å². The number of fused-ring (bicyclic) bond motifs is 2. The predicted octanol–water partition coefficient (Wildman–Crippen LogP) is 3.77. The van der Waals surface area contributed by atoms with Crippen LogP contribution in [0.3, 0.4) is 0 Å². The van der Waals surface area contributed by atoms with Crippen LogP contribution in [-0.2, 0) is 16.9 Å². The van der Waals surface area contributed by atoms with Crippen LogP contribution >= 0.6 is 0 Å². The lowest BCUT2D eigenvalue weighted by molar-refractivity contribution is -0.131. The molecule has 1 aliphatic rings. The molecule has 156 valence electrons. The summed E-state index contributed by atoms with van der Waals surface area (Å²) in [5.74, 6) is 0.476. The van der Waals surface area contributed by atoms with E-state index in [1.807, 2.05) is 72.2 Å². The number of aromatic nitrogens is 2. The van der Waals surface area contributed by atoms with E-state index in [1.54, 1.807) is 14.0 Å². The van der Waals surface area contributed by atoms with Gasteiger partial charge >= 0.3 is 6.03 Å². The molecule has 31 heavy (non-hydrogen) atoms. The second-order valence-corrected chi connectivity index (χ2v) is 8.08. The van der Waals surface area contributed by atoms with Gasteiger partial charge < -0.3 is 14.5 Å². The predicted molar refractivity (Wildman–Crippen MR) is 117 cm³/mol. The van der Waals surface area contributed by atoms with Gasteiger partial charge in [-0.15, -0.1) is 0 Å². The number of hydrogen-bond acceptors (Lipinski definition) is 4. The molecule has 1 N–H and O–H groups in total. The first-order valence-corrected chi connectivity index (χ1v) is 10.0. The van der Waals surface area contributed by atoms with Crippen LogP contribution in [0.4, 0.5) is 4.79 Å². The van der Waals surface area contributed by atoms with Gasteiger partial charge in [0, 0.05) is 12.4 Å². The third-order valence-corrected chi connectivity index (χ3v) is 5.87. The summed E-state index contributed by atoms with van der Waals surface area (Å²) in [4.78, 5) is 31.8. The van der Waals surface area contributed by atoms with Gasteiger partial charge in [0.1, 0.15) is 16.9 Å². The fraction of sp³-hybridized carbons (Fsp3) is 0.208. The third-order valence-electron chi connectivity index (χ3n) is 5.87. The minimum absolute atomic E-state index is 0.117. The molecule has 1 saturated heterocycles. The fourth-order valence-electron chi connectivity index (χ4n) is 4.09. The Bertz CT molecular complexity index is 1360. The summed E-state index contributed by atoms with van der Waals surface area (Å²) in [5, 5.41) is 4.84. The highest BCUT2D eigenvalue weighted by Crippen LogP contribution is 2.32. The molecule has 5 rings (SSSR count). The fourth-order valence-corrected chi connectivity index (χ4v) is 4.09. The molecule has 0 aliphatic carbocycles. The Morgan fingerprint density at radius 1 is 1.03 bits per heavy atom. The van der Waals surface area contributed by atoms with E-state index in [4.69, 9.17) is 4.74 Å². The Hall–Kier alpha value is -3.87. The molecular formula is C24H22N4O3. The van der Waals surface area contributed by atoms with E-state index in [0.717, 1.165) is 33.3 Å². The van der Waals surface area contributed by atoms with Gasteiger partial charge in [-0.05, 0) is 60.0 Å². The zero-order valence-electron chi connectivity index (χ0n) is 17.5. The first-order valence-electron chi connectivity index (χ1n) is 10.0. The van der Waals surface area contributed by atoms with Crippen LogP contribution in [0.2, 0.25) is 0 Å². The van der Waals surface area contributed by atoms with Crippen LogP contribution < -0.4 is 10.1 Å². The molecule has 0 saturated carbocycles. The Kier molecular flexibility index (Phi) is 4.22. The van der Waals surface area contributed by atoms with Gasteiger partial charge in [-0.1, -0.05) is 24.3 Å². The average molecular weight is 414 g/mol. The summed E-state index contributed by atoms with van der Waals surface area (Å²) >= 11 is 0. The van der Waals surface area contributed by atoms with Gasteiger partial charge in [0.05, 0.1) is 19.3 Å². The van der Waals surface area contributed by atoms with Crippen molar-refractivity contribution in [1.29, 1.82) is 0 Å². The second-order valence-electron chi connectivity index (χ2n) is 8.08. The van der Waals surface area contributed by atoms with Gasteiger partial charge in [-0.3, -0.25) is 9.69 Å². The van der Waals surface area contributed by atoms with Crippen molar-refractivity contribution in [2.45, 2.75) is 25.9 Å². The molecule has 3 amide bonds. The van der Waals surface area contributed by atoms with Crippen molar-refractivity contribution < 1.29 is 14.3 Å². The third kappa shape index (κ3) is 3.09. The molecule has 0 radical (unpaired) electrons. The van der Waals surface area contributed by atoms with Crippen molar-refractivity contribution in [3.8, 4) is 5.75 Å². The molecule has 2 aromatic carbocycles. The van der Waals surface area contributed by atoms with Crippen molar-refractivity contribution in [3.05, 3.63) is 77.7 Å². The number of aryl methyl sites for hydroxylation is 1. The maximum Gasteiger partial charge on any atom is 0.325 e. The molecule has 0 bridgehead atoms. The molecule has 7 nitrogen and oxygen atoms in total. The first kappa shape index (κ1) is 19.1. The number of methoxy groups -OCH3 is 1. The Balaban J connectivity index is 1.46. The van der Waals surface area contributed by atoms with Crippen LogP contribution in [0, 0.1) is 6.92 Å². The summed E-state index contributed by atoms with van der Waals surface area (Å²) in [6, 6.07) is 15.0. The lowest BCUT2D eigenvalue weighted by Crippen LogP contribution is -2.40. The minimum atomic E-state index is -1.14. The van der Waals surface area contributed by atoms with E-state index < -0.39 is 11.6 Å². The lowest BCUT2D eigenvalue weighted by Gasteiger charge is -2.22. The van der Waals surface area contributed by atoms with Crippen molar-refractivity contribution in [3.63, 3.8) is 0 Å². The number of amides is 3. The van der Waals surface area contributed by atoms with Gasteiger partial charge in [-0.2, -0.15) is 0 Å². The van der Waals surface area contributed by atoms with Crippen LogP contribution in [0.5, 0.6) is 5.75 Å². The quantitative estimate of drug-likeness (QED) is 0.516. The Morgan fingerprint density at radius 2 is 1.81 bits per heavy atom. The standard InChI is InChI=1S/C24H22N4O3/c1-15-4-9-21-25-19(13-27(21)12-15)14-28-22(29)24(2,26-23(28)30)18-7-5-17-11-20(31-3)8-6-16(17)10-18/h4-13H,14H2,1-3H3,(H,26,30). The number of hydrogen-bond donors (Lipinski definition) is 1. The van der Waals surface area contributed by atoms with Crippen molar-refractivity contribution >= 4 is 28.4 Å². The normalized spacial score (nSPS) is 18.7. The zero-order valence-corrected chi connectivity index (χ0v) is 17.5. The molecule has 0 spiro atoms. The van der Waals surface area contributed by atoms with Crippen LogP contribution in [0.15, 0.2) is 60.9 Å². The molecule has 2 aromatic heterocycles. The highest BCUT2D eigenvalue weighted by molar-refractivity contribution is 6.07. The lowest BCUT2D eigenvalue weighted by atomic mass is 9.90. The van der Waals surface area contributed by atoms with E-state index in [1.165, 1.54) is 4.90 Å². The summed E-state index contributed by atoms with van der Waals surface area (Å²) in [6.07, 6.45) is 3.81. The molecule has 4 aromatic rings. The molecular weight excluding hydrogens is 392 g/mol. The molecule has 1 atom stereocenters. The molecule has 1 unspecified atom stereocenters. The molecule has 1 aliphatic heterocycles.